The second kappa shape index (κ2) is 7.60. The van der Waals surface area contributed by atoms with E-state index < -0.39 is 11.2 Å². The molecule has 5 heteroatoms. The van der Waals surface area contributed by atoms with Crippen molar-refractivity contribution in [3.63, 3.8) is 0 Å². The third-order valence-corrected chi connectivity index (χ3v) is 6.15. The molecule has 2 aliphatic rings. The van der Waals surface area contributed by atoms with Gasteiger partial charge in [0.15, 0.2) is 11.2 Å². The van der Waals surface area contributed by atoms with Crippen molar-refractivity contribution in [2.75, 3.05) is 0 Å². The zero-order valence-electron chi connectivity index (χ0n) is 16.1. The summed E-state index contributed by atoms with van der Waals surface area (Å²) in [5, 5.41) is 12.3. The van der Waals surface area contributed by atoms with Gasteiger partial charge >= 0.3 is 0 Å². The highest BCUT2D eigenvalue weighted by molar-refractivity contribution is 9.10. The number of hydrogen-bond donors (Lipinski definition) is 1. The first-order valence-corrected chi connectivity index (χ1v) is 10.8. The van der Waals surface area contributed by atoms with Crippen LogP contribution in [0.15, 0.2) is 83.5 Å². The van der Waals surface area contributed by atoms with Gasteiger partial charge in [0.25, 0.3) is 0 Å². The molecular formula is C24H21BrClNO2. The smallest absolute Gasteiger partial charge is 0.182 e. The zero-order chi connectivity index (χ0) is 20.6. The number of ether oxygens (including phenoxy) is 1. The molecule has 3 aromatic rings. The largest absolute Gasteiger partial charge is 0.476 e. The Morgan fingerprint density at radius 3 is 2.45 bits per heavy atom. The molecule has 2 heterocycles. The number of halogens is 2. The average molecular weight is 471 g/mol. The molecule has 0 spiro atoms. The summed E-state index contributed by atoms with van der Waals surface area (Å²) in [6.45, 7) is 4.00. The van der Waals surface area contributed by atoms with Gasteiger partial charge in [0.1, 0.15) is 11.4 Å². The number of hydrogen-bond acceptors (Lipinski definition) is 3. The van der Waals surface area contributed by atoms with Gasteiger partial charge in [-0.2, -0.15) is 0 Å². The first kappa shape index (κ1) is 20.1. The van der Waals surface area contributed by atoms with E-state index in [0.717, 1.165) is 15.6 Å². The summed E-state index contributed by atoms with van der Waals surface area (Å²) in [6, 6.07) is 19.7. The number of aliphatic hydroxyl groups is 1. The Hall–Kier alpha value is -2.14. The van der Waals surface area contributed by atoms with Gasteiger partial charge in [0, 0.05) is 28.2 Å². The molecule has 3 nitrogen and oxygen atoms in total. The number of pyridine rings is 1. The Morgan fingerprint density at radius 1 is 1.07 bits per heavy atom. The van der Waals surface area contributed by atoms with E-state index >= 15 is 0 Å². The molecule has 2 aromatic carbocycles. The number of aromatic nitrogens is 1. The fraction of sp³-hybridized carbons (Fsp3) is 0.208. The summed E-state index contributed by atoms with van der Waals surface area (Å²) in [7, 11) is 0. The van der Waals surface area contributed by atoms with Crippen LogP contribution < -0.4 is 4.74 Å². The average Bonchev–Trinajstić information content (AvgIpc) is 3.17. The van der Waals surface area contributed by atoms with Gasteiger partial charge in [-0.05, 0) is 23.8 Å². The van der Waals surface area contributed by atoms with Gasteiger partial charge in [-0.1, -0.05) is 89.9 Å². The van der Waals surface area contributed by atoms with Crippen LogP contribution in [0.2, 0.25) is 5.02 Å². The number of benzene rings is 2. The Bertz CT molecular complexity index is 1050. The highest BCUT2D eigenvalue weighted by Gasteiger charge is 2.67. The second-order valence-electron chi connectivity index (χ2n) is 6.86. The molecule has 1 N–H and O–H groups in total. The molecule has 1 aliphatic heterocycles. The van der Waals surface area contributed by atoms with Crippen molar-refractivity contribution in [2.45, 2.75) is 31.0 Å². The van der Waals surface area contributed by atoms with Crippen LogP contribution in [-0.2, 0) is 11.2 Å². The summed E-state index contributed by atoms with van der Waals surface area (Å²) in [4.78, 5) is 4.42. The second-order valence-corrected chi connectivity index (χ2v) is 8.21. The Morgan fingerprint density at radius 2 is 1.76 bits per heavy atom. The maximum absolute atomic E-state index is 11.8. The quantitative estimate of drug-likeness (QED) is 0.444. The highest BCUT2D eigenvalue weighted by atomic mass is 79.9. The van der Waals surface area contributed by atoms with Crippen molar-refractivity contribution in [2.24, 2.45) is 0 Å². The van der Waals surface area contributed by atoms with E-state index in [1.54, 1.807) is 18.3 Å². The fourth-order valence-corrected chi connectivity index (χ4v) is 4.66. The maximum atomic E-state index is 11.8. The van der Waals surface area contributed by atoms with Crippen molar-refractivity contribution >= 4 is 27.5 Å². The predicted molar refractivity (Wildman–Crippen MR) is 119 cm³/mol. The molecule has 5 rings (SSSR count). The van der Waals surface area contributed by atoms with E-state index in [9.17, 15) is 5.11 Å². The van der Waals surface area contributed by atoms with Crippen LogP contribution in [-0.4, -0.2) is 10.1 Å². The van der Waals surface area contributed by atoms with Crippen LogP contribution >= 0.6 is 27.5 Å². The third-order valence-electron chi connectivity index (χ3n) is 5.42. The lowest BCUT2D eigenvalue weighted by Gasteiger charge is -2.40. The number of nitrogens with zero attached hydrogens (tertiary/aromatic N) is 1. The minimum Gasteiger partial charge on any atom is -0.476 e. The lowest BCUT2D eigenvalue weighted by molar-refractivity contribution is -0.0875. The molecule has 0 fully saturated rings. The molecule has 3 atom stereocenters. The minimum absolute atomic E-state index is 0.183. The van der Waals surface area contributed by atoms with E-state index in [1.165, 1.54) is 0 Å². The lowest BCUT2D eigenvalue weighted by atomic mass is 9.72. The van der Waals surface area contributed by atoms with Gasteiger partial charge in [0.2, 0.25) is 0 Å². The van der Waals surface area contributed by atoms with Crippen LogP contribution in [0, 0.1) is 0 Å². The van der Waals surface area contributed by atoms with Crippen LogP contribution in [0.4, 0.5) is 0 Å². The van der Waals surface area contributed by atoms with E-state index in [4.69, 9.17) is 16.3 Å². The van der Waals surface area contributed by atoms with E-state index in [-0.39, 0.29) is 5.92 Å². The molecule has 1 aromatic heterocycles. The molecule has 0 amide bonds. The summed E-state index contributed by atoms with van der Waals surface area (Å²) in [5.74, 6) is 0.330. The van der Waals surface area contributed by atoms with E-state index in [1.807, 2.05) is 74.5 Å². The normalized spacial score (nSPS) is 26.2. The first-order chi connectivity index (χ1) is 14.0. The van der Waals surface area contributed by atoms with Crippen molar-refractivity contribution in [3.05, 3.63) is 105 Å². The predicted octanol–water partition coefficient (Wildman–Crippen LogP) is 6.35. The van der Waals surface area contributed by atoms with Crippen molar-refractivity contribution in [1.29, 1.82) is 0 Å². The summed E-state index contributed by atoms with van der Waals surface area (Å²) < 4.78 is 7.48. The standard InChI is InChI=1S/C22H15BrClNO2.C2H6/c23-16-8-6-15(7-9-16)22-18(14-4-2-1-3-5-14)10-11-21(22,26)20-19(27-22)12-17(24)13-25-20;1-2/h1-13,18,26H;1-2H3. The molecule has 29 heavy (non-hydrogen) atoms. The Balaban J connectivity index is 0.000000994. The van der Waals surface area contributed by atoms with Crippen LogP contribution in [0.3, 0.4) is 0 Å². The van der Waals surface area contributed by atoms with Crippen LogP contribution in [0.5, 0.6) is 5.75 Å². The van der Waals surface area contributed by atoms with Crippen LogP contribution in [0.1, 0.15) is 36.6 Å². The van der Waals surface area contributed by atoms with Crippen molar-refractivity contribution < 1.29 is 9.84 Å². The highest BCUT2D eigenvalue weighted by Crippen LogP contribution is 2.63. The fourth-order valence-electron chi connectivity index (χ4n) is 4.25. The lowest BCUT2D eigenvalue weighted by Crippen LogP contribution is -2.48. The first-order valence-electron chi connectivity index (χ1n) is 9.62. The maximum Gasteiger partial charge on any atom is 0.182 e. The summed E-state index contributed by atoms with van der Waals surface area (Å²) >= 11 is 9.63. The molecule has 0 radical (unpaired) electrons. The van der Waals surface area contributed by atoms with Gasteiger partial charge in [-0.3, -0.25) is 4.98 Å². The number of rotatable bonds is 2. The van der Waals surface area contributed by atoms with Gasteiger partial charge in [0.05, 0.1) is 5.02 Å². The van der Waals surface area contributed by atoms with Crippen molar-refractivity contribution in [1.82, 2.24) is 4.98 Å². The Labute approximate surface area is 184 Å². The van der Waals surface area contributed by atoms with Gasteiger partial charge in [-0.15, -0.1) is 0 Å². The van der Waals surface area contributed by atoms with Gasteiger partial charge in [-0.25, -0.2) is 0 Å². The topological polar surface area (TPSA) is 42.4 Å². The molecule has 1 aliphatic carbocycles. The summed E-state index contributed by atoms with van der Waals surface area (Å²) in [6.07, 6.45) is 5.36. The monoisotopic (exact) mass is 469 g/mol. The van der Waals surface area contributed by atoms with E-state index in [0.29, 0.717) is 16.5 Å². The Kier molecular flexibility index (Phi) is 5.28. The van der Waals surface area contributed by atoms with E-state index in [2.05, 4.69) is 20.9 Å². The zero-order valence-corrected chi connectivity index (χ0v) is 18.5. The SMILES string of the molecule is CC.OC12C=CC(c3ccccc3)C1(c1ccc(Br)cc1)Oc1cc(Cl)cnc12. The molecule has 0 bridgehead atoms. The van der Waals surface area contributed by atoms with Crippen LogP contribution in [0.25, 0.3) is 0 Å². The summed E-state index contributed by atoms with van der Waals surface area (Å²) in [5.41, 5.74) is -0.00626. The number of fused-ring (bicyclic) bond motifs is 3. The third kappa shape index (κ3) is 2.93. The molecule has 0 saturated heterocycles. The molecule has 0 saturated carbocycles. The molecule has 3 unspecified atom stereocenters. The van der Waals surface area contributed by atoms with Crippen molar-refractivity contribution in [3.8, 4) is 5.75 Å². The molecular weight excluding hydrogens is 450 g/mol. The minimum atomic E-state index is -1.39. The van der Waals surface area contributed by atoms with Gasteiger partial charge < -0.3 is 9.84 Å². The molecule has 148 valence electrons.